The van der Waals surface area contributed by atoms with Crippen LogP contribution in [-0.2, 0) is 17.6 Å². The number of hydrogen-bond acceptors (Lipinski definition) is 4. The van der Waals surface area contributed by atoms with Gasteiger partial charge < -0.3 is 15.0 Å². The summed E-state index contributed by atoms with van der Waals surface area (Å²) >= 11 is 7.39. The molecule has 0 radical (unpaired) electrons. The van der Waals surface area contributed by atoms with E-state index >= 15 is 0 Å². The number of esters is 1. The largest absolute Gasteiger partial charge is 0.462 e. The minimum absolute atomic E-state index is 0.206. The third-order valence-electron chi connectivity index (χ3n) is 5.32. The first kappa shape index (κ1) is 19.6. The predicted molar refractivity (Wildman–Crippen MR) is 112 cm³/mol. The van der Waals surface area contributed by atoms with Crippen molar-refractivity contribution >= 4 is 39.6 Å². The molecule has 2 heterocycles. The van der Waals surface area contributed by atoms with Gasteiger partial charge in [-0.15, -0.1) is 11.3 Å². The van der Waals surface area contributed by atoms with Crippen molar-refractivity contribution in [2.24, 2.45) is 5.92 Å². The van der Waals surface area contributed by atoms with Crippen LogP contribution in [0.2, 0.25) is 0 Å². The molecule has 1 fully saturated rings. The molecule has 0 aromatic carbocycles. The highest BCUT2D eigenvalue weighted by Crippen LogP contribution is 2.38. The Kier molecular flexibility index (Phi) is 6.92. The van der Waals surface area contributed by atoms with Crippen LogP contribution < -0.4 is 5.32 Å². The molecule has 1 aromatic heterocycles. The summed E-state index contributed by atoms with van der Waals surface area (Å²) < 4.78 is 5.38. The highest BCUT2D eigenvalue weighted by atomic mass is 32.1. The summed E-state index contributed by atoms with van der Waals surface area (Å²) in [6.07, 6.45) is 9.32. The lowest BCUT2D eigenvalue weighted by Gasteiger charge is -2.33. The van der Waals surface area contributed by atoms with Crippen LogP contribution in [0.15, 0.2) is 0 Å². The molecular formula is C20H30N2O2S2. The van der Waals surface area contributed by atoms with Gasteiger partial charge in [-0.05, 0) is 69.1 Å². The standard InChI is InChI=1S/C20H30N2O2S2/c1-3-24-19(23)17-15-10-6-4-5-7-11-16(15)26-18(17)21-20(25)22-12-8-9-14(2)13-22/h14H,3-13H2,1-2H3,(H,21,25). The molecule has 1 unspecified atom stereocenters. The number of fused-ring (bicyclic) bond motifs is 1. The Balaban J connectivity index is 1.85. The molecule has 1 N–H and O–H groups in total. The van der Waals surface area contributed by atoms with E-state index < -0.39 is 0 Å². The van der Waals surface area contributed by atoms with Crippen LogP contribution in [0, 0.1) is 5.92 Å². The fourth-order valence-electron chi connectivity index (χ4n) is 3.98. The van der Waals surface area contributed by atoms with Crippen LogP contribution in [0.4, 0.5) is 5.00 Å². The number of aryl methyl sites for hydroxylation is 1. The third kappa shape index (κ3) is 4.58. The number of thiophene rings is 1. The number of carbonyl (C=O) groups excluding carboxylic acids is 1. The molecule has 2 aliphatic rings. The van der Waals surface area contributed by atoms with Gasteiger partial charge >= 0.3 is 5.97 Å². The van der Waals surface area contributed by atoms with Gasteiger partial charge in [0.15, 0.2) is 5.11 Å². The monoisotopic (exact) mass is 394 g/mol. The summed E-state index contributed by atoms with van der Waals surface area (Å²) in [7, 11) is 0. The average Bonchev–Trinajstić information content (AvgIpc) is 2.91. The molecule has 0 spiro atoms. The van der Waals surface area contributed by atoms with Crippen LogP contribution >= 0.6 is 23.6 Å². The minimum atomic E-state index is -0.206. The molecule has 1 aliphatic carbocycles. The van der Waals surface area contributed by atoms with Gasteiger partial charge in [0.2, 0.25) is 0 Å². The van der Waals surface area contributed by atoms with E-state index in [2.05, 4.69) is 17.1 Å². The Morgan fingerprint density at radius 3 is 2.77 bits per heavy atom. The number of rotatable bonds is 3. The number of piperidine rings is 1. The summed E-state index contributed by atoms with van der Waals surface area (Å²) in [6, 6.07) is 0. The van der Waals surface area contributed by atoms with Crippen molar-refractivity contribution in [2.45, 2.75) is 65.2 Å². The van der Waals surface area contributed by atoms with E-state index in [0.717, 1.165) is 48.0 Å². The average molecular weight is 395 g/mol. The highest BCUT2D eigenvalue weighted by Gasteiger charge is 2.27. The first-order valence-corrected chi connectivity index (χ1v) is 11.2. The van der Waals surface area contributed by atoms with Gasteiger partial charge in [0, 0.05) is 18.0 Å². The second-order valence-corrected chi connectivity index (χ2v) is 8.96. The van der Waals surface area contributed by atoms with Crippen molar-refractivity contribution in [1.29, 1.82) is 0 Å². The molecule has 144 valence electrons. The van der Waals surface area contributed by atoms with Crippen molar-refractivity contribution in [1.82, 2.24) is 4.90 Å². The number of likely N-dealkylation sites (tertiary alicyclic amines) is 1. The first-order chi connectivity index (χ1) is 12.6. The molecule has 1 saturated heterocycles. The lowest BCUT2D eigenvalue weighted by atomic mass is 9.96. The van der Waals surface area contributed by atoms with Crippen LogP contribution in [0.1, 0.15) is 73.2 Å². The molecule has 0 amide bonds. The first-order valence-electron chi connectivity index (χ1n) is 9.97. The smallest absolute Gasteiger partial charge is 0.341 e. The summed E-state index contributed by atoms with van der Waals surface area (Å²) in [5, 5.41) is 5.05. The third-order valence-corrected chi connectivity index (χ3v) is 6.88. The summed E-state index contributed by atoms with van der Waals surface area (Å²) in [5.74, 6) is 0.458. The Morgan fingerprint density at radius 2 is 2.04 bits per heavy atom. The maximum atomic E-state index is 12.7. The zero-order valence-corrected chi connectivity index (χ0v) is 17.6. The molecule has 1 atom stereocenters. The molecule has 3 rings (SSSR count). The second-order valence-electron chi connectivity index (χ2n) is 7.47. The molecule has 4 nitrogen and oxygen atoms in total. The number of nitrogens with one attached hydrogen (secondary N) is 1. The van der Waals surface area contributed by atoms with Crippen LogP contribution in [0.3, 0.4) is 0 Å². The van der Waals surface area contributed by atoms with E-state index in [1.165, 1.54) is 42.5 Å². The van der Waals surface area contributed by atoms with Gasteiger partial charge in [0.05, 0.1) is 12.2 Å². The van der Waals surface area contributed by atoms with Gasteiger partial charge in [-0.1, -0.05) is 19.8 Å². The quantitative estimate of drug-likeness (QED) is 0.576. The molecule has 0 saturated carbocycles. The topological polar surface area (TPSA) is 41.6 Å². The zero-order chi connectivity index (χ0) is 18.5. The second kappa shape index (κ2) is 9.18. The minimum Gasteiger partial charge on any atom is -0.462 e. The fourth-order valence-corrected chi connectivity index (χ4v) is 5.59. The number of nitrogens with zero attached hydrogens (tertiary/aromatic N) is 1. The molecule has 0 bridgehead atoms. The lowest BCUT2D eigenvalue weighted by molar-refractivity contribution is 0.0526. The van der Waals surface area contributed by atoms with E-state index in [9.17, 15) is 4.79 Å². The van der Waals surface area contributed by atoms with Crippen LogP contribution in [-0.4, -0.2) is 35.7 Å². The molecule has 1 aromatic rings. The summed E-state index contributed by atoms with van der Waals surface area (Å²) in [4.78, 5) is 16.3. The van der Waals surface area contributed by atoms with E-state index in [-0.39, 0.29) is 5.97 Å². The predicted octanol–water partition coefficient (Wildman–Crippen LogP) is 5.01. The maximum absolute atomic E-state index is 12.7. The molecule has 26 heavy (non-hydrogen) atoms. The van der Waals surface area contributed by atoms with Crippen molar-refractivity contribution in [3.63, 3.8) is 0 Å². The molecule has 1 aliphatic heterocycles. The number of anilines is 1. The van der Waals surface area contributed by atoms with Gasteiger partial charge in [0.1, 0.15) is 5.00 Å². The summed E-state index contributed by atoms with van der Waals surface area (Å²) in [6.45, 7) is 6.52. The Labute approximate surface area is 166 Å². The maximum Gasteiger partial charge on any atom is 0.341 e. The number of hydrogen-bond donors (Lipinski definition) is 1. The summed E-state index contributed by atoms with van der Waals surface area (Å²) in [5.41, 5.74) is 1.94. The van der Waals surface area contributed by atoms with Crippen molar-refractivity contribution in [3.05, 3.63) is 16.0 Å². The molecule has 6 heteroatoms. The van der Waals surface area contributed by atoms with Gasteiger partial charge in [-0.2, -0.15) is 0 Å². The highest BCUT2D eigenvalue weighted by molar-refractivity contribution is 7.80. The number of carbonyl (C=O) groups is 1. The van der Waals surface area contributed by atoms with E-state index in [0.29, 0.717) is 12.5 Å². The normalized spacial score (nSPS) is 20.7. The zero-order valence-electron chi connectivity index (χ0n) is 15.9. The fraction of sp³-hybridized carbons (Fsp3) is 0.700. The van der Waals surface area contributed by atoms with Crippen LogP contribution in [0.5, 0.6) is 0 Å². The van der Waals surface area contributed by atoms with Crippen LogP contribution in [0.25, 0.3) is 0 Å². The number of ether oxygens (including phenoxy) is 1. The van der Waals surface area contributed by atoms with E-state index in [4.69, 9.17) is 17.0 Å². The SMILES string of the molecule is CCOC(=O)c1c(NC(=S)N2CCCC(C)C2)sc2c1CCCCCC2. The Hall–Kier alpha value is -1.14. The van der Waals surface area contributed by atoms with Gasteiger partial charge in [-0.25, -0.2) is 4.79 Å². The van der Waals surface area contributed by atoms with E-state index in [1.54, 1.807) is 11.3 Å². The van der Waals surface area contributed by atoms with Crippen molar-refractivity contribution in [3.8, 4) is 0 Å². The molecular weight excluding hydrogens is 364 g/mol. The number of thiocarbonyl (C=S) groups is 1. The van der Waals surface area contributed by atoms with Gasteiger partial charge in [0.25, 0.3) is 0 Å². The van der Waals surface area contributed by atoms with Gasteiger partial charge in [-0.3, -0.25) is 0 Å². The lowest BCUT2D eigenvalue weighted by Crippen LogP contribution is -2.41. The van der Waals surface area contributed by atoms with E-state index in [1.807, 2.05) is 6.92 Å². The van der Waals surface area contributed by atoms with Crippen molar-refractivity contribution in [2.75, 3.05) is 25.0 Å². The Bertz CT molecular complexity index is 656. The van der Waals surface area contributed by atoms with Crippen molar-refractivity contribution < 1.29 is 9.53 Å². The Morgan fingerprint density at radius 1 is 1.27 bits per heavy atom.